The first-order valence-electron chi connectivity index (χ1n) is 11.9. The number of nitrogens with zero attached hydrogens (tertiary/aromatic N) is 5. The van der Waals surface area contributed by atoms with Crippen LogP contribution in [0, 0.1) is 0 Å². The lowest BCUT2D eigenvalue weighted by Gasteiger charge is -2.33. The van der Waals surface area contributed by atoms with Crippen molar-refractivity contribution in [1.29, 1.82) is 0 Å². The Balaban J connectivity index is 0.00000341. The third-order valence-corrected chi connectivity index (χ3v) is 6.04. The number of likely N-dealkylation sites (N-methyl/N-ethyl adjacent to an activating group) is 1. The summed E-state index contributed by atoms with van der Waals surface area (Å²) in [7, 11) is 2.18. The zero-order valence-corrected chi connectivity index (χ0v) is 21.8. The molecule has 0 aromatic carbocycles. The molecule has 0 atom stereocenters. The van der Waals surface area contributed by atoms with Crippen molar-refractivity contribution in [3.05, 3.63) is 23.9 Å². The summed E-state index contributed by atoms with van der Waals surface area (Å²) < 4.78 is 0. The van der Waals surface area contributed by atoms with E-state index in [0.717, 1.165) is 63.0 Å². The molecule has 3 heterocycles. The van der Waals surface area contributed by atoms with E-state index in [1.54, 1.807) is 0 Å². The van der Waals surface area contributed by atoms with E-state index in [1.807, 2.05) is 6.20 Å². The van der Waals surface area contributed by atoms with E-state index in [2.05, 4.69) is 56.4 Å². The smallest absolute Gasteiger partial charge is 0.191 e. The molecule has 31 heavy (non-hydrogen) atoms. The SMILES string of the molecule is CCNC(=NCc1ccc(N2CCN(C)CC2)nc1)NCCCN1CCCCCC1.I. The Hall–Kier alpha value is -1.13. The first-order chi connectivity index (χ1) is 14.7. The van der Waals surface area contributed by atoms with Gasteiger partial charge in [-0.05, 0) is 64.5 Å². The fourth-order valence-electron chi connectivity index (χ4n) is 4.11. The lowest BCUT2D eigenvalue weighted by molar-refractivity contribution is 0.282. The average molecular weight is 544 g/mol. The van der Waals surface area contributed by atoms with Gasteiger partial charge in [-0.15, -0.1) is 24.0 Å². The molecule has 2 fully saturated rings. The van der Waals surface area contributed by atoms with Gasteiger partial charge in [0.15, 0.2) is 5.96 Å². The van der Waals surface area contributed by atoms with Gasteiger partial charge in [0.1, 0.15) is 5.82 Å². The van der Waals surface area contributed by atoms with Gasteiger partial charge in [-0.2, -0.15) is 0 Å². The fourth-order valence-corrected chi connectivity index (χ4v) is 4.11. The molecule has 0 radical (unpaired) electrons. The number of aromatic nitrogens is 1. The zero-order chi connectivity index (χ0) is 21.0. The van der Waals surface area contributed by atoms with Crippen molar-refractivity contribution in [3.8, 4) is 0 Å². The molecule has 1 aromatic rings. The van der Waals surface area contributed by atoms with Crippen LogP contribution in [0.4, 0.5) is 5.82 Å². The lowest BCUT2D eigenvalue weighted by atomic mass is 10.2. The predicted molar refractivity (Wildman–Crippen MR) is 142 cm³/mol. The van der Waals surface area contributed by atoms with Gasteiger partial charge in [-0.3, -0.25) is 0 Å². The van der Waals surface area contributed by atoms with Crippen LogP contribution in [0.25, 0.3) is 0 Å². The number of piperazine rings is 1. The predicted octanol–water partition coefficient (Wildman–Crippen LogP) is 2.77. The molecule has 7 nitrogen and oxygen atoms in total. The van der Waals surface area contributed by atoms with E-state index in [0.29, 0.717) is 6.54 Å². The van der Waals surface area contributed by atoms with Crippen molar-refractivity contribution in [2.45, 2.75) is 45.6 Å². The highest BCUT2D eigenvalue weighted by atomic mass is 127. The van der Waals surface area contributed by atoms with Crippen LogP contribution in [0.15, 0.2) is 23.3 Å². The maximum absolute atomic E-state index is 4.76. The number of nitrogens with one attached hydrogen (secondary N) is 2. The monoisotopic (exact) mass is 543 g/mol. The van der Waals surface area contributed by atoms with Gasteiger partial charge < -0.3 is 25.3 Å². The molecule has 0 amide bonds. The topological polar surface area (TPSA) is 59.0 Å². The highest BCUT2D eigenvalue weighted by molar-refractivity contribution is 14.0. The van der Waals surface area contributed by atoms with Crippen LogP contribution in [0.3, 0.4) is 0 Å². The van der Waals surface area contributed by atoms with Crippen LogP contribution in [-0.2, 0) is 6.54 Å². The van der Waals surface area contributed by atoms with Crippen molar-refractivity contribution < 1.29 is 0 Å². The maximum Gasteiger partial charge on any atom is 0.191 e. The van der Waals surface area contributed by atoms with Crippen LogP contribution in [0.1, 0.15) is 44.6 Å². The van der Waals surface area contributed by atoms with Crippen LogP contribution in [0.2, 0.25) is 0 Å². The number of guanidine groups is 1. The third-order valence-electron chi connectivity index (χ3n) is 6.04. The Morgan fingerprint density at radius 2 is 1.74 bits per heavy atom. The van der Waals surface area contributed by atoms with Crippen molar-refractivity contribution in [2.24, 2.45) is 4.99 Å². The number of pyridine rings is 1. The second kappa shape index (κ2) is 14.8. The van der Waals surface area contributed by atoms with Crippen LogP contribution < -0.4 is 15.5 Å². The quantitative estimate of drug-likeness (QED) is 0.228. The van der Waals surface area contributed by atoms with Crippen LogP contribution in [0.5, 0.6) is 0 Å². The highest BCUT2D eigenvalue weighted by Crippen LogP contribution is 2.14. The van der Waals surface area contributed by atoms with Crippen molar-refractivity contribution in [1.82, 2.24) is 25.4 Å². The van der Waals surface area contributed by atoms with Crippen molar-refractivity contribution in [3.63, 3.8) is 0 Å². The lowest BCUT2D eigenvalue weighted by Crippen LogP contribution is -2.44. The molecule has 1 aromatic heterocycles. The average Bonchev–Trinajstić information content (AvgIpc) is 3.05. The zero-order valence-electron chi connectivity index (χ0n) is 19.5. The molecule has 3 rings (SSSR count). The van der Waals surface area contributed by atoms with Crippen molar-refractivity contribution >= 4 is 35.8 Å². The minimum atomic E-state index is 0. The number of aliphatic imine (C=N–C) groups is 1. The Morgan fingerprint density at radius 3 is 2.39 bits per heavy atom. The summed E-state index contributed by atoms with van der Waals surface area (Å²) >= 11 is 0. The molecule has 2 aliphatic rings. The molecule has 2 aliphatic heterocycles. The van der Waals surface area contributed by atoms with Gasteiger partial charge >= 0.3 is 0 Å². The molecule has 0 aliphatic carbocycles. The maximum atomic E-state index is 4.76. The molecule has 176 valence electrons. The van der Waals surface area contributed by atoms with Gasteiger partial charge in [0.25, 0.3) is 0 Å². The number of anilines is 1. The van der Waals surface area contributed by atoms with Gasteiger partial charge in [-0.25, -0.2) is 9.98 Å². The molecular formula is C23H42IN7. The Kier molecular flexibility index (Phi) is 12.5. The van der Waals surface area contributed by atoms with E-state index < -0.39 is 0 Å². The second-order valence-corrected chi connectivity index (χ2v) is 8.55. The number of halogens is 1. The van der Waals surface area contributed by atoms with Gasteiger partial charge in [0, 0.05) is 45.5 Å². The summed E-state index contributed by atoms with van der Waals surface area (Å²) in [6.45, 7) is 12.6. The molecule has 2 N–H and O–H groups in total. The van der Waals surface area contributed by atoms with E-state index in [-0.39, 0.29) is 24.0 Å². The second-order valence-electron chi connectivity index (χ2n) is 8.55. The molecule has 0 bridgehead atoms. The summed E-state index contributed by atoms with van der Waals surface area (Å²) in [4.78, 5) is 16.8. The summed E-state index contributed by atoms with van der Waals surface area (Å²) in [5.74, 6) is 1.98. The largest absolute Gasteiger partial charge is 0.357 e. The number of likely N-dealkylation sites (tertiary alicyclic amines) is 1. The first-order valence-corrected chi connectivity index (χ1v) is 11.9. The summed E-state index contributed by atoms with van der Waals surface area (Å²) in [6, 6.07) is 4.30. The standard InChI is InChI=1S/C23H41N7.HI/c1-3-24-23(25-11-8-14-29-12-6-4-5-7-13-29)27-20-21-9-10-22(26-19-21)30-17-15-28(2)16-18-30;/h9-10,19H,3-8,11-18,20H2,1-2H3,(H2,24,25,27);1H. The summed E-state index contributed by atoms with van der Waals surface area (Å²) in [6.07, 6.45) is 8.65. The Bertz CT molecular complexity index is 621. The fraction of sp³-hybridized carbons (Fsp3) is 0.739. The number of hydrogen-bond donors (Lipinski definition) is 2. The van der Waals surface area contributed by atoms with E-state index in [1.165, 1.54) is 45.3 Å². The van der Waals surface area contributed by atoms with E-state index >= 15 is 0 Å². The van der Waals surface area contributed by atoms with E-state index in [9.17, 15) is 0 Å². The highest BCUT2D eigenvalue weighted by Gasteiger charge is 2.15. The van der Waals surface area contributed by atoms with Crippen LogP contribution in [-0.4, -0.2) is 86.7 Å². The molecule has 8 heteroatoms. The molecular weight excluding hydrogens is 501 g/mol. The summed E-state index contributed by atoms with van der Waals surface area (Å²) in [5.41, 5.74) is 1.15. The Morgan fingerprint density at radius 1 is 1.00 bits per heavy atom. The normalized spacial score (nSPS) is 18.9. The molecule has 0 saturated carbocycles. The molecule has 0 spiro atoms. The van der Waals surface area contributed by atoms with Crippen LogP contribution >= 0.6 is 24.0 Å². The first kappa shape index (κ1) is 26.1. The molecule has 0 unspecified atom stereocenters. The van der Waals surface area contributed by atoms with E-state index in [4.69, 9.17) is 4.99 Å². The van der Waals surface area contributed by atoms with Gasteiger partial charge in [-0.1, -0.05) is 18.9 Å². The minimum Gasteiger partial charge on any atom is -0.357 e. The minimum absolute atomic E-state index is 0. The van der Waals surface area contributed by atoms with Gasteiger partial charge in [0.05, 0.1) is 6.54 Å². The third kappa shape index (κ3) is 9.49. The number of hydrogen-bond acceptors (Lipinski definition) is 5. The summed E-state index contributed by atoms with van der Waals surface area (Å²) in [5, 5.41) is 6.85. The number of rotatable bonds is 8. The van der Waals surface area contributed by atoms with Crippen molar-refractivity contribution in [2.75, 3.05) is 70.9 Å². The van der Waals surface area contributed by atoms with Gasteiger partial charge in [0.2, 0.25) is 0 Å². The molecule has 2 saturated heterocycles. The Labute approximate surface area is 206 Å².